The first-order valence-corrected chi connectivity index (χ1v) is 7.69. The number of hydrogen-bond acceptors (Lipinski definition) is 5. The molecule has 0 atom stereocenters. The second-order valence-electron chi connectivity index (χ2n) is 4.80. The van der Waals surface area contributed by atoms with E-state index in [9.17, 15) is 8.42 Å². The van der Waals surface area contributed by atoms with Crippen molar-refractivity contribution in [3.05, 3.63) is 24.3 Å². The van der Waals surface area contributed by atoms with E-state index in [4.69, 9.17) is 0 Å². The highest BCUT2D eigenvalue weighted by Crippen LogP contribution is 2.27. The smallest absolute Gasteiger partial charge is 0.266 e. The predicted octanol–water partition coefficient (Wildman–Crippen LogP) is 0.213. The van der Waals surface area contributed by atoms with Crippen LogP contribution in [0, 0.1) is 0 Å². The summed E-state index contributed by atoms with van der Waals surface area (Å²) in [5.41, 5.74) is 0.509. The number of nitrogens with zero attached hydrogens (tertiary/aromatic N) is 3. The van der Waals surface area contributed by atoms with Gasteiger partial charge in [0.25, 0.3) is 10.0 Å². The zero-order valence-electron chi connectivity index (χ0n) is 10.7. The Morgan fingerprint density at radius 1 is 1.16 bits per heavy atom. The third-order valence-corrected chi connectivity index (χ3v) is 4.79. The van der Waals surface area contributed by atoms with E-state index < -0.39 is 10.0 Å². The predicted molar refractivity (Wildman–Crippen MR) is 72.9 cm³/mol. The summed E-state index contributed by atoms with van der Waals surface area (Å²) in [5.74, 6) is 0.437. The van der Waals surface area contributed by atoms with Crippen LogP contribution in [0.25, 0.3) is 0 Å². The van der Waals surface area contributed by atoms with Gasteiger partial charge in [-0.15, -0.1) is 0 Å². The quantitative estimate of drug-likeness (QED) is 0.738. The van der Waals surface area contributed by atoms with Crippen molar-refractivity contribution in [2.24, 2.45) is 4.99 Å². The number of aliphatic imine (C=N–C) groups is 1. The second kappa shape index (κ2) is 4.50. The molecule has 2 heterocycles. The van der Waals surface area contributed by atoms with Crippen LogP contribution in [0.3, 0.4) is 0 Å². The van der Waals surface area contributed by atoms with Gasteiger partial charge in [-0.1, -0.05) is 12.1 Å². The number of para-hydroxylation sites is 1. The van der Waals surface area contributed by atoms with Gasteiger partial charge in [-0.3, -0.25) is 0 Å². The first kappa shape index (κ1) is 12.4. The summed E-state index contributed by atoms with van der Waals surface area (Å²) in [6, 6.07) is 6.80. The molecule has 0 unspecified atom stereocenters. The third-order valence-electron chi connectivity index (χ3n) is 3.41. The number of hydrogen-bond donors (Lipinski definition) is 1. The summed E-state index contributed by atoms with van der Waals surface area (Å²) in [4.78, 5) is 8.86. The van der Waals surface area contributed by atoms with Crippen molar-refractivity contribution < 1.29 is 8.42 Å². The average molecular weight is 280 g/mol. The monoisotopic (exact) mass is 280 g/mol. The molecule has 1 fully saturated rings. The fraction of sp³-hybridized carbons (Fsp3) is 0.417. The maximum Gasteiger partial charge on any atom is 0.266 e. The molecule has 0 radical (unpaired) electrons. The number of sulfonamides is 1. The van der Waals surface area contributed by atoms with E-state index in [0.717, 1.165) is 26.2 Å². The zero-order chi connectivity index (χ0) is 13.5. The number of piperazine rings is 1. The molecule has 0 bridgehead atoms. The van der Waals surface area contributed by atoms with Crippen LogP contribution in [0.2, 0.25) is 0 Å². The highest BCUT2D eigenvalue weighted by molar-refractivity contribution is 7.90. The summed E-state index contributed by atoms with van der Waals surface area (Å²) in [6.07, 6.45) is 0. The lowest BCUT2D eigenvalue weighted by Gasteiger charge is -2.35. The molecule has 102 valence electrons. The minimum Gasteiger partial charge on any atom is -0.339 e. The van der Waals surface area contributed by atoms with Crippen molar-refractivity contribution in [2.45, 2.75) is 4.90 Å². The van der Waals surface area contributed by atoms with Crippen LogP contribution >= 0.6 is 0 Å². The summed E-state index contributed by atoms with van der Waals surface area (Å²) in [7, 11) is -1.44. The normalized spacial score (nSPS) is 22.4. The Balaban J connectivity index is 1.95. The van der Waals surface area contributed by atoms with Crippen molar-refractivity contribution >= 4 is 21.7 Å². The van der Waals surface area contributed by atoms with Crippen LogP contribution < -0.4 is 4.72 Å². The van der Waals surface area contributed by atoms with E-state index in [1.54, 1.807) is 24.3 Å². The Morgan fingerprint density at radius 3 is 2.58 bits per heavy atom. The van der Waals surface area contributed by atoms with Crippen LogP contribution in [-0.2, 0) is 10.0 Å². The standard InChI is InChI=1S/C12H16N4O2S/c1-15-6-8-16(9-7-15)12-13-10-4-2-3-5-11(10)19(17,18)14-12/h2-5H,6-9H2,1H3,(H,13,14). The molecule has 2 aliphatic heterocycles. The molecule has 1 aromatic carbocycles. The molecule has 1 aromatic rings. The molecule has 6 nitrogen and oxygen atoms in total. The summed E-state index contributed by atoms with van der Waals surface area (Å²) in [6.45, 7) is 3.37. The van der Waals surface area contributed by atoms with E-state index in [1.807, 2.05) is 4.90 Å². The van der Waals surface area contributed by atoms with Crippen LogP contribution in [0.15, 0.2) is 34.2 Å². The molecule has 0 aliphatic carbocycles. The lowest BCUT2D eigenvalue weighted by atomic mass is 10.3. The Hall–Kier alpha value is -1.60. The number of likely N-dealkylation sites (N-methyl/N-ethyl adjacent to an activating group) is 1. The molecular formula is C12H16N4O2S. The first-order valence-electron chi connectivity index (χ1n) is 6.20. The maximum atomic E-state index is 12.2. The Morgan fingerprint density at radius 2 is 1.84 bits per heavy atom. The van der Waals surface area contributed by atoms with Gasteiger partial charge in [0.05, 0.1) is 5.69 Å². The minimum atomic E-state index is -3.49. The maximum absolute atomic E-state index is 12.2. The number of guanidine groups is 1. The van der Waals surface area contributed by atoms with Crippen molar-refractivity contribution in [2.75, 3.05) is 33.2 Å². The van der Waals surface area contributed by atoms with E-state index in [2.05, 4.69) is 21.7 Å². The van der Waals surface area contributed by atoms with E-state index in [-0.39, 0.29) is 4.90 Å². The van der Waals surface area contributed by atoms with E-state index in [1.165, 1.54) is 0 Å². The Kier molecular flexibility index (Phi) is 2.94. The first-order chi connectivity index (χ1) is 9.06. The largest absolute Gasteiger partial charge is 0.339 e. The van der Waals surface area contributed by atoms with Gasteiger partial charge in [0.2, 0.25) is 5.96 Å². The molecular weight excluding hydrogens is 264 g/mol. The summed E-state index contributed by atoms with van der Waals surface area (Å²) >= 11 is 0. The van der Waals surface area contributed by atoms with Gasteiger partial charge < -0.3 is 9.80 Å². The lowest BCUT2D eigenvalue weighted by molar-refractivity contribution is 0.213. The zero-order valence-corrected chi connectivity index (χ0v) is 11.5. The van der Waals surface area contributed by atoms with E-state index >= 15 is 0 Å². The highest BCUT2D eigenvalue weighted by Gasteiger charge is 2.28. The van der Waals surface area contributed by atoms with Crippen molar-refractivity contribution in [3.63, 3.8) is 0 Å². The van der Waals surface area contributed by atoms with Crippen LogP contribution in [-0.4, -0.2) is 57.4 Å². The number of rotatable bonds is 0. The molecule has 0 spiro atoms. The topological polar surface area (TPSA) is 65.0 Å². The third kappa shape index (κ3) is 2.31. The molecule has 3 rings (SSSR count). The fourth-order valence-corrected chi connectivity index (χ4v) is 3.41. The fourth-order valence-electron chi connectivity index (χ4n) is 2.24. The van der Waals surface area contributed by atoms with Gasteiger partial charge in [-0.25, -0.2) is 18.1 Å². The SMILES string of the molecule is CN1CCN(C2=Nc3ccccc3S(=O)(=O)N2)CC1. The Bertz CT molecular complexity index is 618. The molecule has 0 aromatic heterocycles. The van der Waals surface area contributed by atoms with E-state index in [0.29, 0.717) is 11.6 Å². The highest BCUT2D eigenvalue weighted by atomic mass is 32.2. The number of benzene rings is 1. The van der Waals surface area contributed by atoms with Crippen LogP contribution in [0.5, 0.6) is 0 Å². The molecule has 7 heteroatoms. The van der Waals surface area contributed by atoms with Crippen molar-refractivity contribution in [1.29, 1.82) is 0 Å². The van der Waals surface area contributed by atoms with Gasteiger partial charge in [-0.2, -0.15) is 0 Å². The number of nitrogens with one attached hydrogen (secondary N) is 1. The lowest BCUT2D eigenvalue weighted by Crippen LogP contribution is -2.53. The molecule has 0 saturated carbocycles. The van der Waals surface area contributed by atoms with Crippen molar-refractivity contribution in [1.82, 2.24) is 14.5 Å². The van der Waals surface area contributed by atoms with Crippen LogP contribution in [0.1, 0.15) is 0 Å². The summed E-state index contributed by atoms with van der Waals surface area (Å²) < 4.78 is 26.9. The van der Waals surface area contributed by atoms with Gasteiger partial charge >= 0.3 is 0 Å². The van der Waals surface area contributed by atoms with Gasteiger partial charge in [0, 0.05) is 26.2 Å². The molecule has 1 N–H and O–H groups in total. The molecule has 2 aliphatic rings. The van der Waals surface area contributed by atoms with Gasteiger partial charge in [-0.05, 0) is 19.2 Å². The van der Waals surface area contributed by atoms with Crippen LogP contribution in [0.4, 0.5) is 5.69 Å². The summed E-state index contributed by atoms with van der Waals surface area (Å²) in [5, 5.41) is 0. The molecule has 19 heavy (non-hydrogen) atoms. The molecule has 0 amide bonds. The van der Waals surface area contributed by atoms with Gasteiger partial charge in [0.15, 0.2) is 0 Å². The Labute approximate surface area is 112 Å². The molecule has 1 saturated heterocycles. The second-order valence-corrected chi connectivity index (χ2v) is 6.45. The van der Waals surface area contributed by atoms with Gasteiger partial charge in [0.1, 0.15) is 4.90 Å². The average Bonchev–Trinajstić information content (AvgIpc) is 2.39. The van der Waals surface area contributed by atoms with Crippen molar-refractivity contribution in [3.8, 4) is 0 Å². The minimum absolute atomic E-state index is 0.243. The number of fused-ring (bicyclic) bond motifs is 1.